The fraction of sp³-hybridized carbons (Fsp3) is 0.903. The Labute approximate surface area is 250 Å². The molecule has 2 aliphatic heterocycles. The van der Waals surface area contributed by atoms with Crippen LogP contribution in [0.3, 0.4) is 0 Å². The van der Waals surface area contributed by atoms with E-state index in [4.69, 9.17) is 30.4 Å². The van der Waals surface area contributed by atoms with Gasteiger partial charge in [0.15, 0.2) is 0 Å². The Balaban J connectivity index is 2.04. The number of rotatable bonds is 12. The normalized spacial score (nSPS) is 23.0. The molecule has 0 spiro atoms. The van der Waals surface area contributed by atoms with Crippen molar-refractivity contribution < 1.29 is 9.68 Å². The zero-order valence-corrected chi connectivity index (χ0v) is 28.3. The van der Waals surface area contributed by atoms with Gasteiger partial charge in [-0.15, -0.1) is 0 Å². The van der Waals surface area contributed by atoms with Gasteiger partial charge < -0.3 is 25.2 Å². The summed E-state index contributed by atoms with van der Waals surface area (Å²) in [6.45, 7) is 24.3. The van der Waals surface area contributed by atoms with Gasteiger partial charge in [0.25, 0.3) is 0 Å². The lowest BCUT2D eigenvalue weighted by atomic mass is 9.78. The molecule has 0 aliphatic carbocycles. The third kappa shape index (κ3) is 7.43. The summed E-state index contributed by atoms with van der Waals surface area (Å²) in [5.41, 5.74) is 5.90. The molecular formula is C31H60N8O2. The van der Waals surface area contributed by atoms with Crippen molar-refractivity contribution in [3.05, 3.63) is 0 Å². The minimum Gasteiger partial charge on any atom is -0.368 e. The van der Waals surface area contributed by atoms with Crippen LogP contribution in [0, 0.1) is 0 Å². The second-order valence-corrected chi connectivity index (χ2v) is 14.7. The second-order valence-electron chi connectivity index (χ2n) is 14.7. The van der Waals surface area contributed by atoms with Crippen LogP contribution in [0.25, 0.3) is 0 Å². The summed E-state index contributed by atoms with van der Waals surface area (Å²) in [7, 11) is 3.56. The molecule has 0 saturated carbocycles. The van der Waals surface area contributed by atoms with Gasteiger partial charge in [0.05, 0.1) is 14.2 Å². The monoisotopic (exact) mass is 576 g/mol. The molecule has 0 aromatic carbocycles. The van der Waals surface area contributed by atoms with Crippen molar-refractivity contribution in [1.29, 1.82) is 0 Å². The van der Waals surface area contributed by atoms with E-state index in [0.717, 1.165) is 64.5 Å². The fourth-order valence-corrected chi connectivity index (χ4v) is 8.03. The first kappa shape index (κ1) is 33.7. The molecule has 0 atom stereocenters. The number of aromatic nitrogens is 3. The molecule has 0 bridgehead atoms. The van der Waals surface area contributed by atoms with E-state index < -0.39 is 0 Å². The second kappa shape index (κ2) is 12.9. The lowest BCUT2D eigenvalue weighted by Gasteiger charge is -2.55. The van der Waals surface area contributed by atoms with Crippen LogP contribution in [0.1, 0.15) is 121 Å². The average Bonchev–Trinajstić information content (AvgIpc) is 2.82. The summed E-state index contributed by atoms with van der Waals surface area (Å²) < 4.78 is 0. The van der Waals surface area contributed by atoms with Gasteiger partial charge in [0.2, 0.25) is 17.8 Å². The highest BCUT2D eigenvalue weighted by Gasteiger charge is 2.49. The molecule has 2 aliphatic rings. The summed E-state index contributed by atoms with van der Waals surface area (Å²) >= 11 is 0. The summed E-state index contributed by atoms with van der Waals surface area (Å²) in [6, 6.07) is 0.499. The van der Waals surface area contributed by atoms with Gasteiger partial charge in [-0.2, -0.15) is 25.1 Å². The lowest BCUT2D eigenvalue weighted by molar-refractivity contribution is -0.266. The Bertz CT molecular complexity index is 888. The molecule has 3 rings (SSSR count). The SMILES string of the molecule is CCCCN(c1nc(N)nc(N(CCCC)C2CC(C)(C)N(OC)C(C)(C)C2)n1)C1CC(C)(C)N(OC)C(C)(C)C1. The van der Waals surface area contributed by atoms with Gasteiger partial charge in [0, 0.05) is 47.3 Å². The molecule has 10 nitrogen and oxygen atoms in total. The fourth-order valence-electron chi connectivity index (χ4n) is 8.03. The van der Waals surface area contributed by atoms with E-state index in [1.165, 1.54) is 0 Å². The van der Waals surface area contributed by atoms with Gasteiger partial charge in [-0.3, -0.25) is 0 Å². The number of nitrogens with zero attached hydrogens (tertiary/aromatic N) is 7. The quantitative estimate of drug-likeness (QED) is 0.327. The van der Waals surface area contributed by atoms with Crippen LogP contribution in [-0.2, 0) is 9.68 Å². The molecule has 2 N–H and O–H groups in total. The highest BCUT2D eigenvalue weighted by molar-refractivity contribution is 5.45. The smallest absolute Gasteiger partial charge is 0.232 e. The van der Waals surface area contributed by atoms with E-state index in [1.54, 1.807) is 14.2 Å². The van der Waals surface area contributed by atoms with Crippen molar-refractivity contribution in [2.75, 3.05) is 42.8 Å². The third-order valence-electron chi connectivity index (χ3n) is 9.03. The minimum absolute atomic E-state index is 0.146. The lowest BCUT2D eigenvalue weighted by Crippen LogP contribution is -2.64. The zero-order chi connectivity index (χ0) is 30.8. The maximum atomic E-state index is 6.48. The van der Waals surface area contributed by atoms with Gasteiger partial charge in [-0.1, -0.05) is 26.7 Å². The molecule has 0 unspecified atom stereocenters. The topological polar surface area (TPSA) is 96.1 Å². The van der Waals surface area contributed by atoms with Crippen LogP contribution in [0.4, 0.5) is 17.8 Å². The number of nitrogens with two attached hydrogens (primary N) is 1. The zero-order valence-electron chi connectivity index (χ0n) is 28.3. The molecule has 3 heterocycles. The van der Waals surface area contributed by atoms with Crippen molar-refractivity contribution in [3.8, 4) is 0 Å². The Morgan fingerprint density at radius 1 is 0.659 bits per heavy atom. The Hall–Kier alpha value is -1.75. The Morgan fingerprint density at radius 2 is 0.976 bits per heavy atom. The maximum Gasteiger partial charge on any atom is 0.232 e. The summed E-state index contributed by atoms with van der Waals surface area (Å²) in [5.74, 6) is 1.67. The molecular weight excluding hydrogens is 516 g/mol. The number of piperidine rings is 2. The van der Waals surface area contributed by atoms with Crippen LogP contribution in [0.15, 0.2) is 0 Å². The highest BCUT2D eigenvalue weighted by atomic mass is 16.7. The van der Waals surface area contributed by atoms with Crippen molar-refractivity contribution >= 4 is 17.8 Å². The molecule has 2 saturated heterocycles. The van der Waals surface area contributed by atoms with E-state index in [9.17, 15) is 0 Å². The number of anilines is 3. The molecule has 41 heavy (non-hydrogen) atoms. The molecule has 1 aromatic heterocycles. The standard InChI is InChI=1S/C31H60N8O2/c1-13-15-17-36(23-19-28(3,4)38(40-11)29(5,6)20-23)26-33-25(32)34-27(35-26)37(18-16-14-2)24-21-30(7,8)39(41-12)31(9,10)22-24/h23-24H,13-22H2,1-12H3,(H2,32,33,34,35). The number of hydrogen-bond donors (Lipinski definition) is 1. The first-order valence-corrected chi connectivity index (χ1v) is 15.8. The van der Waals surface area contributed by atoms with E-state index in [2.05, 4.69) is 89.2 Å². The van der Waals surface area contributed by atoms with E-state index in [1.807, 2.05) is 0 Å². The van der Waals surface area contributed by atoms with Crippen LogP contribution in [0.5, 0.6) is 0 Å². The molecule has 0 amide bonds. The molecule has 0 radical (unpaired) electrons. The number of nitrogen functional groups attached to an aromatic ring is 1. The predicted molar refractivity (Wildman–Crippen MR) is 169 cm³/mol. The maximum absolute atomic E-state index is 6.48. The first-order chi connectivity index (χ1) is 19.0. The summed E-state index contributed by atoms with van der Waals surface area (Å²) in [4.78, 5) is 31.4. The van der Waals surface area contributed by atoms with E-state index in [0.29, 0.717) is 11.9 Å². The molecule has 236 valence electrons. The first-order valence-electron chi connectivity index (χ1n) is 15.8. The van der Waals surface area contributed by atoms with Gasteiger partial charge in [0.1, 0.15) is 0 Å². The number of hydroxylamine groups is 4. The largest absolute Gasteiger partial charge is 0.368 e. The Morgan fingerprint density at radius 3 is 1.24 bits per heavy atom. The van der Waals surface area contributed by atoms with E-state index >= 15 is 0 Å². The van der Waals surface area contributed by atoms with E-state index in [-0.39, 0.29) is 40.2 Å². The van der Waals surface area contributed by atoms with Crippen LogP contribution in [0.2, 0.25) is 0 Å². The number of unbranched alkanes of at least 4 members (excludes halogenated alkanes) is 2. The molecule has 2 fully saturated rings. The minimum atomic E-state index is -0.146. The van der Waals surface area contributed by atoms with Crippen LogP contribution < -0.4 is 15.5 Å². The summed E-state index contributed by atoms with van der Waals surface area (Å²) in [5, 5.41) is 4.31. The van der Waals surface area contributed by atoms with Crippen molar-refractivity contribution in [2.45, 2.75) is 155 Å². The Kier molecular flexibility index (Phi) is 10.6. The molecule has 10 heteroatoms. The van der Waals surface area contributed by atoms with Crippen LogP contribution >= 0.6 is 0 Å². The highest BCUT2D eigenvalue weighted by Crippen LogP contribution is 2.43. The summed E-state index contributed by atoms with van der Waals surface area (Å²) in [6.07, 6.45) is 8.06. The third-order valence-corrected chi connectivity index (χ3v) is 9.03. The van der Waals surface area contributed by atoms with Crippen molar-refractivity contribution in [1.82, 2.24) is 25.1 Å². The van der Waals surface area contributed by atoms with Gasteiger partial charge in [-0.05, 0) is 93.9 Å². The molecule has 1 aromatic rings. The van der Waals surface area contributed by atoms with Gasteiger partial charge >= 0.3 is 0 Å². The predicted octanol–water partition coefficient (Wildman–Crippen LogP) is 5.83. The van der Waals surface area contributed by atoms with Gasteiger partial charge in [-0.25, -0.2) is 0 Å². The van der Waals surface area contributed by atoms with Crippen molar-refractivity contribution in [3.63, 3.8) is 0 Å². The van der Waals surface area contributed by atoms with Crippen LogP contribution in [-0.4, -0.2) is 86.6 Å². The number of hydrogen-bond acceptors (Lipinski definition) is 10. The van der Waals surface area contributed by atoms with Crippen molar-refractivity contribution in [2.24, 2.45) is 0 Å². The average molecular weight is 577 g/mol.